The fourth-order valence-electron chi connectivity index (χ4n) is 3.74. The monoisotopic (exact) mass is 392 g/mol. The second-order valence-corrected chi connectivity index (χ2v) is 7.78. The molecular weight excluding hydrogens is 364 g/mol. The number of imidazole rings is 1. The standard InChI is InChI=1S/C16H17N7.C5H11N/c1-9(2)23-10(3)20-15-13(23)6-11(7-18-15)12-4-5-22-14(12)8-19-16(17)21-22;1-6-5-3-2-4-5/h4-9H,1-3H3,(H2,17,21);5-6H,2-4H2,1H3. The third-order valence-corrected chi connectivity index (χ3v) is 5.50. The van der Waals surface area contributed by atoms with Crippen LogP contribution >= 0.6 is 0 Å². The van der Waals surface area contributed by atoms with Crippen LogP contribution < -0.4 is 11.1 Å². The number of aromatic nitrogens is 6. The van der Waals surface area contributed by atoms with Gasteiger partial charge in [-0.1, -0.05) is 6.42 Å². The Balaban J connectivity index is 0.000000294. The largest absolute Gasteiger partial charge is 0.367 e. The van der Waals surface area contributed by atoms with Crippen LogP contribution in [0.4, 0.5) is 5.95 Å². The predicted molar refractivity (Wildman–Crippen MR) is 116 cm³/mol. The normalized spacial score (nSPS) is 14.2. The van der Waals surface area contributed by atoms with Crippen LogP contribution in [0.3, 0.4) is 0 Å². The Morgan fingerprint density at radius 2 is 1.97 bits per heavy atom. The smallest absolute Gasteiger partial charge is 0.238 e. The first-order valence-electron chi connectivity index (χ1n) is 10.1. The molecule has 0 aliphatic heterocycles. The minimum atomic E-state index is 0.252. The highest BCUT2D eigenvalue weighted by Gasteiger charge is 2.14. The summed E-state index contributed by atoms with van der Waals surface area (Å²) in [6, 6.07) is 5.31. The molecule has 8 nitrogen and oxygen atoms in total. The quantitative estimate of drug-likeness (QED) is 0.555. The lowest BCUT2D eigenvalue weighted by atomic mass is 9.94. The molecule has 4 heterocycles. The molecule has 1 aliphatic carbocycles. The van der Waals surface area contributed by atoms with Crippen LogP contribution in [0.25, 0.3) is 27.8 Å². The zero-order chi connectivity index (χ0) is 20.5. The molecule has 0 aromatic carbocycles. The van der Waals surface area contributed by atoms with Gasteiger partial charge in [-0.2, -0.15) is 0 Å². The lowest BCUT2D eigenvalue weighted by Crippen LogP contribution is -2.31. The van der Waals surface area contributed by atoms with Crippen LogP contribution in [0.15, 0.2) is 30.7 Å². The van der Waals surface area contributed by atoms with E-state index in [1.807, 2.05) is 32.4 Å². The number of nitrogens with one attached hydrogen (secondary N) is 1. The zero-order valence-electron chi connectivity index (χ0n) is 17.4. The van der Waals surface area contributed by atoms with Crippen LogP contribution in [-0.2, 0) is 0 Å². The van der Waals surface area contributed by atoms with Crippen molar-refractivity contribution in [1.29, 1.82) is 0 Å². The maximum atomic E-state index is 5.64. The first-order chi connectivity index (χ1) is 14.0. The van der Waals surface area contributed by atoms with Crippen molar-refractivity contribution in [3.05, 3.63) is 36.5 Å². The summed E-state index contributed by atoms with van der Waals surface area (Å²) in [5.74, 6) is 1.22. The Hall–Kier alpha value is -3.00. The van der Waals surface area contributed by atoms with E-state index in [-0.39, 0.29) is 5.95 Å². The molecule has 29 heavy (non-hydrogen) atoms. The third kappa shape index (κ3) is 3.67. The molecule has 1 aliphatic rings. The number of nitrogens with zero attached hydrogens (tertiary/aromatic N) is 6. The van der Waals surface area contributed by atoms with E-state index in [1.165, 1.54) is 19.3 Å². The molecular formula is C21H28N8. The van der Waals surface area contributed by atoms with Gasteiger partial charge in [0.05, 0.1) is 17.2 Å². The Morgan fingerprint density at radius 1 is 1.17 bits per heavy atom. The average Bonchev–Trinajstić information content (AvgIpc) is 3.20. The number of hydrogen-bond acceptors (Lipinski definition) is 6. The van der Waals surface area contributed by atoms with Crippen molar-refractivity contribution in [1.82, 2.24) is 34.4 Å². The number of hydrogen-bond donors (Lipinski definition) is 2. The van der Waals surface area contributed by atoms with Gasteiger partial charge in [-0.3, -0.25) is 0 Å². The number of nitrogens with two attached hydrogens (primary N) is 1. The summed E-state index contributed by atoms with van der Waals surface area (Å²) in [5.41, 5.74) is 10.4. The Labute approximate surface area is 170 Å². The zero-order valence-corrected chi connectivity index (χ0v) is 17.4. The van der Waals surface area contributed by atoms with Gasteiger partial charge in [0.2, 0.25) is 5.95 Å². The molecule has 0 radical (unpaired) electrons. The van der Waals surface area contributed by atoms with Gasteiger partial charge >= 0.3 is 0 Å². The van der Waals surface area contributed by atoms with E-state index >= 15 is 0 Å². The molecule has 8 heteroatoms. The summed E-state index contributed by atoms with van der Waals surface area (Å²) in [6.07, 6.45) is 9.67. The van der Waals surface area contributed by atoms with E-state index in [0.717, 1.165) is 39.7 Å². The van der Waals surface area contributed by atoms with Gasteiger partial charge in [0, 0.05) is 35.6 Å². The van der Waals surface area contributed by atoms with E-state index in [9.17, 15) is 0 Å². The Kier molecular flexibility index (Phi) is 5.19. The van der Waals surface area contributed by atoms with E-state index in [1.54, 1.807) is 10.7 Å². The van der Waals surface area contributed by atoms with Crippen LogP contribution in [0, 0.1) is 6.92 Å². The molecule has 4 aromatic rings. The fraction of sp³-hybridized carbons (Fsp3) is 0.429. The van der Waals surface area contributed by atoms with Crippen LogP contribution in [0.5, 0.6) is 0 Å². The van der Waals surface area contributed by atoms with Crippen LogP contribution in [-0.4, -0.2) is 42.2 Å². The summed E-state index contributed by atoms with van der Waals surface area (Å²) in [4.78, 5) is 13.1. The number of pyridine rings is 1. The molecule has 1 saturated carbocycles. The molecule has 152 valence electrons. The van der Waals surface area contributed by atoms with Crippen LogP contribution in [0.1, 0.15) is 45.0 Å². The van der Waals surface area contributed by atoms with Crippen molar-refractivity contribution < 1.29 is 0 Å². The van der Waals surface area contributed by atoms with E-state index in [4.69, 9.17) is 5.73 Å². The average molecular weight is 393 g/mol. The summed E-state index contributed by atoms with van der Waals surface area (Å²) in [6.45, 7) is 6.29. The molecule has 0 amide bonds. The van der Waals surface area contributed by atoms with Crippen molar-refractivity contribution in [2.24, 2.45) is 0 Å². The molecule has 0 unspecified atom stereocenters. The van der Waals surface area contributed by atoms with Gasteiger partial charge in [-0.15, -0.1) is 5.10 Å². The lowest BCUT2D eigenvalue weighted by molar-refractivity contribution is 0.361. The van der Waals surface area contributed by atoms with E-state index in [0.29, 0.717) is 6.04 Å². The molecule has 0 bridgehead atoms. The van der Waals surface area contributed by atoms with Gasteiger partial charge in [0.1, 0.15) is 5.82 Å². The number of rotatable bonds is 3. The van der Waals surface area contributed by atoms with Crippen molar-refractivity contribution in [3.8, 4) is 11.1 Å². The van der Waals surface area contributed by atoms with Crippen molar-refractivity contribution in [2.75, 3.05) is 12.8 Å². The SMILES string of the molecule is CNC1CCC1.Cc1nc2ncc(-c3ccn4nc(N)ncc34)cc2n1C(C)C. The topological polar surface area (TPSA) is 98.9 Å². The van der Waals surface area contributed by atoms with Crippen LogP contribution in [0.2, 0.25) is 0 Å². The molecule has 4 aromatic heterocycles. The number of aryl methyl sites for hydroxylation is 1. The van der Waals surface area contributed by atoms with Gasteiger partial charge < -0.3 is 15.6 Å². The minimum absolute atomic E-state index is 0.252. The minimum Gasteiger partial charge on any atom is -0.367 e. The van der Waals surface area contributed by atoms with Gasteiger partial charge in [0.15, 0.2) is 5.65 Å². The molecule has 0 spiro atoms. The van der Waals surface area contributed by atoms with Gasteiger partial charge in [-0.05, 0) is 52.8 Å². The van der Waals surface area contributed by atoms with Crippen molar-refractivity contribution in [2.45, 2.75) is 52.1 Å². The molecule has 5 rings (SSSR count). The van der Waals surface area contributed by atoms with E-state index < -0.39 is 0 Å². The summed E-state index contributed by atoms with van der Waals surface area (Å²) in [5, 5.41) is 7.38. The highest BCUT2D eigenvalue weighted by molar-refractivity contribution is 5.85. The first kappa shape index (κ1) is 19.3. The Morgan fingerprint density at radius 3 is 2.59 bits per heavy atom. The highest BCUT2D eigenvalue weighted by atomic mass is 15.3. The molecule has 1 fully saturated rings. The summed E-state index contributed by atoms with van der Waals surface area (Å²) in [7, 11) is 2.03. The number of fused-ring (bicyclic) bond motifs is 2. The first-order valence-corrected chi connectivity index (χ1v) is 10.1. The van der Waals surface area contributed by atoms with Crippen molar-refractivity contribution >= 4 is 22.6 Å². The van der Waals surface area contributed by atoms with Gasteiger partial charge in [-0.25, -0.2) is 19.5 Å². The van der Waals surface area contributed by atoms with E-state index in [2.05, 4.69) is 49.8 Å². The summed E-state index contributed by atoms with van der Waals surface area (Å²) < 4.78 is 3.92. The third-order valence-electron chi connectivity index (χ3n) is 5.50. The number of nitrogen functional groups attached to an aromatic ring is 1. The summed E-state index contributed by atoms with van der Waals surface area (Å²) >= 11 is 0. The fourth-order valence-corrected chi connectivity index (χ4v) is 3.74. The lowest BCUT2D eigenvalue weighted by Gasteiger charge is -2.23. The highest BCUT2D eigenvalue weighted by Crippen LogP contribution is 2.28. The molecule has 3 N–H and O–H groups in total. The maximum Gasteiger partial charge on any atom is 0.238 e. The molecule has 0 atom stereocenters. The second-order valence-electron chi connectivity index (χ2n) is 7.78. The predicted octanol–water partition coefficient (Wildman–Crippen LogP) is 3.37. The molecule has 0 saturated heterocycles. The maximum absolute atomic E-state index is 5.64. The van der Waals surface area contributed by atoms with Crippen molar-refractivity contribution in [3.63, 3.8) is 0 Å². The number of anilines is 1. The Bertz CT molecular complexity index is 1130. The second kappa shape index (κ2) is 7.79. The van der Waals surface area contributed by atoms with Gasteiger partial charge in [0.25, 0.3) is 0 Å².